The van der Waals surface area contributed by atoms with Crippen molar-refractivity contribution in [2.45, 2.75) is 0 Å². The minimum atomic E-state index is -1.83. The first-order valence-electron chi connectivity index (χ1n) is 1.53. The number of nitrogens with two attached hydrogens (primary N) is 2. The molecule has 0 aromatic heterocycles. The molecule has 72 valence electrons. The van der Waals surface area contributed by atoms with Crippen LogP contribution in [0.3, 0.4) is 0 Å². The van der Waals surface area contributed by atoms with E-state index in [-0.39, 0.29) is 22.4 Å². The third kappa shape index (κ3) is 614. The molecule has 0 fully saturated rings. The molecule has 0 unspecified atom stereocenters. The fraction of sp³-hybridized carbons (Fsp3) is 0. The fourth-order valence-corrected chi connectivity index (χ4v) is 0. The topological polar surface area (TPSA) is 176 Å². The van der Waals surface area contributed by atoms with Crippen LogP contribution >= 0.6 is 0 Å². The molecule has 0 rings (SSSR count). The van der Waals surface area contributed by atoms with E-state index in [4.69, 9.17) is 30.3 Å². The number of nitrogens with zero attached hydrogens (tertiary/aromatic N) is 1. The van der Waals surface area contributed by atoms with Gasteiger partial charge in [0.1, 0.15) is 0 Å². The molecule has 0 aliphatic carbocycles. The molecule has 0 aliphatic heterocycles. The van der Waals surface area contributed by atoms with E-state index in [1.165, 1.54) is 0 Å². The zero-order chi connectivity index (χ0) is 9.15. The summed E-state index contributed by atoms with van der Waals surface area (Å²) in [6.07, 6.45) is -1.83. The molecule has 6 N–H and O–H groups in total. The molecule has 0 atom stereocenters. The van der Waals surface area contributed by atoms with Crippen molar-refractivity contribution in [3.05, 3.63) is 15.3 Å². The maximum Gasteiger partial charge on any atom is 1.00 e. The summed E-state index contributed by atoms with van der Waals surface area (Å²) in [5.74, 6) is 8.00. The second kappa shape index (κ2) is 22.9. The standard InChI is InChI=1S/CH2O3.Ag.H4N2.NO3/c2-1(3)4;;1-2;2-1(3)4/h(H2,2,3,4);;1-2H2;/q;+1;;-1. The van der Waals surface area contributed by atoms with Crippen LogP contribution in [0.1, 0.15) is 0 Å². The molecule has 9 nitrogen and oxygen atoms in total. The summed E-state index contributed by atoms with van der Waals surface area (Å²) < 4.78 is 0. The van der Waals surface area contributed by atoms with Crippen LogP contribution in [-0.4, -0.2) is 21.5 Å². The van der Waals surface area contributed by atoms with Crippen molar-refractivity contribution >= 4 is 6.16 Å². The van der Waals surface area contributed by atoms with E-state index in [0.29, 0.717) is 0 Å². The average molecular weight is 264 g/mol. The Kier molecular flexibility index (Phi) is 46.8. The molecule has 11 heavy (non-hydrogen) atoms. The number of hydrazine groups is 1. The number of hydrogen-bond acceptors (Lipinski definition) is 6. The zero-order valence-electron chi connectivity index (χ0n) is 4.93. The normalized spacial score (nSPS) is 4.91. The summed E-state index contributed by atoms with van der Waals surface area (Å²) in [6.45, 7) is 0. The molecule has 0 amide bonds. The quantitative estimate of drug-likeness (QED) is 0.182. The molecule has 0 heterocycles. The Balaban J connectivity index is -0.0000000339. The summed E-state index contributed by atoms with van der Waals surface area (Å²) in [5.41, 5.74) is 0. The van der Waals surface area contributed by atoms with Crippen molar-refractivity contribution in [1.82, 2.24) is 0 Å². The number of carbonyl (C=O) groups is 1. The van der Waals surface area contributed by atoms with Crippen LogP contribution < -0.4 is 11.7 Å². The van der Waals surface area contributed by atoms with Crippen LogP contribution in [0, 0.1) is 15.3 Å². The van der Waals surface area contributed by atoms with Crippen LogP contribution in [-0.2, 0) is 22.4 Å². The third-order valence-electron chi connectivity index (χ3n) is 0. The van der Waals surface area contributed by atoms with Gasteiger partial charge in [-0.15, -0.1) is 0 Å². The van der Waals surface area contributed by atoms with Gasteiger partial charge in [-0.25, -0.2) is 4.79 Å². The van der Waals surface area contributed by atoms with Crippen molar-refractivity contribution in [2.24, 2.45) is 11.7 Å². The Morgan fingerprint density at radius 3 is 1.27 bits per heavy atom. The molecule has 0 saturated carbocycles. The van der Waals surface area contributed by atoms with Gasteiger partial charge < -0.3 is 25.5 Å². The second-order valence-corrected chi connectivity index (χ2v) is 0.506. The van der Waals surface area contributed by atoms with Crippen LogP contribution in [0.5, 0.6) is 0 Å². The fourth-order valence-electron chi connectivity index (χ4n) is 0. The molecule has 0 bridgehead atoms. The van der Waals surface area contributed by atoms with Crippen LogP contribution in [0.4, 0.5) is 4.79 Å². The molecule has 0 saturated heterocycles. The minimum Gasteiger partial charge on any atom is -0.450 e. The molecular weight excluding hydrogens is 258 g/mol. The first-order valence-corrected chi connectivity index (χ1v) is 1.53. The molecule has 0 aromatic carbocycles. The van der Waals surface area contributed by atoms with Crippen molar-refractivity contribution < 1.29 is 42.5 Å². The van der Waals surface area contributed by atoms with Gasteiger partial charge in [-0.05, 0) is 0 Å². The van der Waals surface area contributed by atoms with Gasteiger partial charge in [0, 0.05) is 0 Å². The van der Waals surface area contributed by atoms with E-state index in [1.54, 1.807) is 0 Å². The predicted octanol–water partition coefficient (Wildman–Crippen LogP) is -1.20. The van der Waals surface area contributed by atoms with Gasteiger partial charge in [0.2, 0.25) is 0 Å². The van der Waals surface area contributed by atoms with Gasteiger partial charge in [-0.3, -0.25) is 11.7 Å². The molecular formula is CH6AgN3O6. The van der Waals surface area contributed by atoms with Crippen molar-refractivity contribution in [3.8, 4) is 0 Å². The summed E-state index contributed by atoms with van der Waals surface area (Å²) in [7, 11) is 0. The van der Waals surface area contributed by atoms with Gasteiger partial charge in [0.25, 0.3) is 0 Å². The van der Waals surface area contributed by atoms with Crippen LogP contribution in [0.2, 0.25) is 0 Å². The zero-order valence-corrected chi connectivity index (χ0v) is 6.41. The Morgan fingerprint density at radius 2 is 1.27 bits per heavy atom. The van der Waals surface area contributed by atoms with Crippen molar-refractivity contribution in [3.63, 3.8) is 0 Å². The predicted molar refractivity (Wildman–Crippen MR) is 29.4 cm³/mol. The van der Waals surface area contributed by atoms with Gasteiger partial charge in [-0.1, -0.05) is 0 Å². The number of carboxylic acid groups (broad SMARTS) is 2. The van der Waals surface area contributed by atoms with Crippen LogP contribution in [0.25, 0.3) is 0 Å². The van der Waals surface area contributed by atoms with E-state index in [0.717, 1.165) is 0 Å². The molecule has 0 spiro atoms. The second-order valence-electron chi connectivity index (χ2n) is 0.506. The first-order chi connectivity index (χ1) is 4.46. The first kappa shape index (κ1) is 22.5. The smallest absolute Gasteiger partial charge is 0.450 e. The van der Waals surface area contributed by atoms with Gasteiger partial charge in [-0.2, -0.15) is 0 Å². The Hall–Kier alpha value is -0.870. The van der Waals surface area contributed by atoms with E-state index >= 15 is 0 Å². The summed E-state index contributed by atoms with van der Waals surface area (Å²) in [4.78, 5) is 16.8. The maximum absolute atomic E-state index is 8.56. The maximum atomic E-state index is 8.56. The number of rotatable bonds is 0. The summed E-state index contributed by atoms with van der Waals surface area (Å²) in [6, 6.07) is 0. The van der Waals surface area contributed by atoms with Crippen molar-refractivity contribution in [1.29, 1.82) is 0 Å². The van der Waals surface area contributed by atoms with Gasteiger partial charge >= 0.3 is 28.5 Å². The SMILES string of the molecule is NN.O=C(O)O.O=[N+]([O-])[O-].[Ag+]. The third-order valence-corrected chi connectivity index (χ3v) is 0. The summed E-state index contributed by atoms with van der Waals surface area (Å²) in [5, 5.41) is 28.7. The number of hydrogen-bond donors (Lipinski definition) is 4. The van der Waals surface area contributed by atoms with E-state index < -0.39 is 11.2 Å². The Morgan fingerprint density at radius 1 is 1.27 bits per heavy atom. The largest absolute Gasteiger partial charge is 1.00 e. The minimum absolute atomic E-state index is 0. The van der Waals surface area contributed by atoms with E-state index in [9.17, 15) is 0 Å². The summed E-state index contributed by atoms with van der Waals surface area (Å²) >= 11 is 0. The van der Waals surface area contributed by atoms with E-state index in [1.807, 2.05) is 0 Å². The van der Waals surface area contributed by atoms with Gasteiger partial charge in [0.05, 0.1) is 5.09 Å². The van der Waals surface area contributed by atoms with Gasteiger partial charge in [0.15, 0.2) is 0 Å². The molecule has 10 heteroatoms. The molecule has 0 aliphatic rings. The van der Waals surface area contributed by atoms with Crippen LogP contribution in [0.15, 0.2) is 0 Å². The van der Waals surface area contributed by atoms with E-state index in [2.05, 4.69) is 11.7 Å². The molecule has 0 aromatic rings. The van der Waals surface area contributed by atoms with Crippen molar-refractivity contribution in [2.75, 3.05) is 0 Å². The monoisotopic (exact) mass is 263 g/mol. The average Bonchev–Trinajstić information content (AvgIpc) is 1.66. The Bertz CT molecular complexity index is 75.8. The molecule has 0 radical (unpaired) electrons. The Labute approximate surface area is 76.2 Å².